The number of likely N-dealkylation sites (tertiary alicyclic amines) is 1. The molecule has 0 radical (unpaired) electrons. The van der Waals surface area contributed by atoms with Gasteiger partial charge in [0.05, 0.1) is 0 Å². The topological polar surface area (TPSA) is 44.8 Å². The fourth-order valence-corrected chi connectivity index (χ4v) is 2.95. The number of ether oxygens (including phenoxy) is 1. The monoisotopic (exact) mass is 327 g/mol. The molecule has 5 heteroatoms. The van der Waals surface area contributed by atoms with Crippen molar-refractivity contribution in [3.63, 3.8) is 0 Å². The summed E-state index contributed by atoms with van der Waals surface area (Å²) in [5, 5.41) is 3.63. The van der Waals surface area contributed by atoms with Gasteiger partial charge in [-0.05, 0) is 73.9 Å². The summed E-state index contributed by atoms with van der Waals surface area (Å²) in [4.78, 5) is 16.4. The number of rotatable bonds is 6. The van der Waals surface area contributed by atoms with Crippen LogP contribution in [0.3, 0.4) is 0 Å². The summed E-state index contributed by atoms with van der Waals surface area (Å²) in [5.41, 5.74) is -0.431. The number of nitrogens with one attached hydrogen (secondary N) is 1. The third kappa shape index (κ3) is 8.02. The minimum atomic E-state index is -0.431. The van der Waals surface area contributed by atoms with E-state index in [-0.39, 0.29) is 6.09 Å². The predicted octanol–water partition coefficient (Wildman–Crippen LogP) is 3.10. The third-order valence-electron chi connectivity index (χ3n) is 4.34. The van der Waals surface area contributed by atoms with Gasteiger partial charge in [0.15, 0.2) is 0 Å². The first-order valence-electron chi connectivity index (χ1n) is 9.18. The predicted molar refractivity (Wildman–Crippen MR) is 95.8 cm³/mol. The normalized spacial score (nSPS) is 20.4. The second kappa shape index (κ2) is 9.48. The Balaban J connectivity index is 2.32. The Morgan fingerprint density at radius 1 is 1.30 bits per heavy atom. The first-order chi connectivity index (χ1) is 10.7. The maximum absolute atomic E-state index is 12.1. The van der Waals surface area contributed by atoms with Crippen molar-refractivity contribution in [2.24, 2.45) is 0 Å². The number of carbonyl (C=O) groups excluding carboxylic acids is 1. The van der Waals surface area contributed by atoms with Gasteiger partial charge in [0.2, 0.25) is 0 Å². The first-order valence-corrected chi connectivity index (χ1v) is 9.18. The molecule has 0 bridgehead atoms. The molecule has 0 spiro atoms. The molecule has 0 aliphatic carbocycles. The van der Waals surface area contributed by atoms with Gasteiger partial charge in [-0.15, -0.1) is 0 Å². The zero-order valence-electron chi connectivity index (χ0n) is 16.0. The lowest BCUT2D eigenvalue weighted by molar-refractivity contribution is 0.0260. The van der Waals surface area contributed by atoms with E-state index in [1.807, 2.05) is 27.7 Å². The van der Waals surface area contributed by atoms with Crippen molar-refractivity contribution in [3.8, 4) is 0 Å². The molecular formula is C18H37N3O2. The highest BCUT2D eigenvalue weighted by Gasteiger charge is 2.22. The zero-order chi connectivity index (χ0) is 17.5. The van der Waals surface area contributed by atoms with Crippen LogP contribution in [0.15, 0.2) is 0 Å². The van der Waals surface area contributed by atoms with Gasteiger partial charge in [-0.25, -0.2) is 4.79 Å². The average molecular weight is 328 g/mol. The first kappa shape index (κ1) is 20.2. The molecule has 0 aromatic rings. The van der Waals surface area contributed by atoms with E-state index in [2.05, 4.69) is 24.1 Å². The number of amides is 1. The number of hydrogen-bond donors (Lipinski definition) is 1. The van der Waals surface area contributed by atoms with Gasteiger partial charge in [-0.1, -0.05) is 0 Å². The third-order valence-corrected chi connectivity index (χ3v) is 4.34. The minimum Gasteiger partial charge on any atom is -0.444 e. The second-order valence-electron chi connectivity index (χ2n) is 7.77. The number of likely N-dealkylation sites (N-methyl/N-ethyl adjacent to an activating group) is 1. The summed E-state index contributed by atoms with van der Waals surface area (Å²) < 4.78 is 5.45. The van der Waals surface area contributed by atoms with Crippen LogP contribution in [0.4, 0.5) is 4.79 Å². The van der Waals surface area contributed by atoms with E-state index in [9.17, 15) is 4.79 Å². The molecule has 1 aliphatic rings. The summed E-state index contributed by atoms with van der Waals surface area (Å²) in [6.07, 6.45) is 3.45. The Morgan fingerprint density at radius 3 is 2.57 bits per heavy atom. The fourth-order valence-electron chi connectivity index (χ4n) is 2.95. The molecule has 1 aliphatic heterocycles. The molecule has 1 rings (SSSR count). The van der Waals surface area contributed by atoms with E-state index in [1.54, 1.807) is 4.90 Å². The van der Waals surface area contributed by atoms with Gasteiger partial charge in [-0.2, -0.15) is 0 Å². The van der Waals surface area contributed by atoms with Crippen LogP contribution in [0.1, 0.15) is 60.8 Å². The van der Waals surface area contributed by atoms with Crippen molar-refractivity contribution in [1.29, 1.82) is 0 Å². The highest BCUT2D eigenvalue weighted by molar-refractivity contribution is 5.68. The molecule has 1 saturated heterocycles. The van der Waals surface area contributed by atoms with Gasteiger partial charge < -0.3 is 19.9 Å². The van der Waals surface area contributed by atoms with Gasteiger partial charge in [-0.3, -0.25) is 0 Å². The molecule has 1 fully saturated rings. The van der Waals surface area contributed by atoms with Crippen LogP contribution < -0.4 is 5.32 Å². The molecular weight excluding hydrogens is 290 g/mol. The largest absolute Gasteiger partial charge is 0.444 e. The summed E-state index contributed by atoms with van der Waals surface area (Å²) in [5.74, 6) is 0. The van der Waals surface area contributed by atoms with E-state index >= 15 is 0 Å². The smallest absolute Gasteiger partial charge is 0.410 e. The van der Waals surface area contributed by atoms with Crippen LogP contribution in [-0.2, 0) is 4.74 Å². The molecule has 1 unspecified atom stereocenters. The molecule has 0 saturated carbocycles. The van der Waals surface area contributed by atoms with Gasteiger partial charge in [0.1, 0.15) is 5.60 Å². The molecule has 136 valence electrons. The van der Waals surface area contributed by atoms with Crippen molar-refractivity contribution in [2.45, 2.75) is 78.5 Å². The van der Waals surface area contributed by atoms with Crippen LogP contribution in [0.25, 0.3) is 0 Å². The number of nitrogens with zero attached hydrogens (tertiary/aromatic N) is 2. The summed E-state index contributed by atoms with van der Waals surface area (Å²) in [6, 6.07) is 1.20. The lowest BCUT2D eigenvalue weighted by Crippen LogP contribution is -2.42. The van der Waals surface area contributed by atoms with Crippen LogP contribution in [-0.4, -0.2) is 66.3 Å². The van der Waals surface area contributed by atoms with Crippen molar-refractivity contribution in [2.75, 3.05) is 32.7 Å². The molecule has 0 aromatic carbocycles. The summed E-state index contributed by atoms with van der Waals surface area (Å²) >= 11 is 0. The van der Waals surface area contributed by atoms with E-state index in [4.69, 9.17) is 4.74 Å². The maximum atomic E-state index is 12.1. The van der Waals surface area contributed by atoms with E-state index in [1.165, 1.54) is 32.4 Å². The Bertz CT molecular complexity index is 353. The Labute approximate surface area is 142 Å². The average Bonchev–Trinajstić information content (AvgIpc) is 2.67. The molecule has 1 heterocycles. The Morgan fingerprint density at radius 2 is 2.00 bits per heavy atom. The van der Waals surface area contributed by atoms with E-state index in [0.717, 1.165) is 6.54 Å². The fraction of sp³-hybridized carbons (Fsp3) is 0.944. The molecule has 1 amide bonds. The van der Waals surface area contributed by atoms with Crippen LogP contribution >= 0.6 is 0 Å². The summed E-state index contributed by atoms with van der Waals surface area (Å²) in [7, 11) is 0. The van der Waals surface area contributed by atoms with Crippen molar-refractivity contribution >= 4 is 6.09 Å². The lowest BCUT2D eigenvalue weighted by Gasteiger charge is -2.27. The van der Waals surface area contributed by atoms with Crippen molar-refractivity contribution in [3.05, 3.63) is 0 Å². The van der Waals surface area contributed by atoms with Crippen LogP contribution in [0.5, 0.6) is 0 Å². The maximum Gasteiger partial charge on any atom is 0.410 e. The van der Waals surface area contributed by atoms with E-state index < -0.39 is 5.60 Å². The van der Waals surface area contributed by atoms with Crippen molar-refractivity contribution < 1.29 is 9.53 Å². The van der Waals surface area contributed by atoms with Crippen LogP contribution in [0.2, 0.25) is 0 Å². The van der Waals surface area contributed by atoms with Crippen molar-refractivity contribution in [1.82, 2.24) is 15.1 Å². The number of carbonyl (C=O) groups is 1. The highest BCUT2D eigenvalue weighted by atomic mass is 16.6. The molecule has 23 heavy (non-hydrogen) atoms. The molecule has 0 aromatic heterocycles. The second-order valence-corrected chi connectivity index (χ2v) is 7.77. The quantitative estimate of drug-likeness (QED) is 0.814. The van der Waals surface area contributed by atoms with Gasteiger partial charge in [0.25, 0.3) is 0 Å². The molecule has 1 N–H and O–H groups in total. The van der Waals surface area contributed by atoms with Gasteiger partial charge >= 0.3 is 6.09 Å². The number of hydrogen-bond acceptors (Lipinski definition) is 4. The Hall–Kier alpha value is -0.810. The SMILES string of the molecule is CCN(CCNC1CCCN(C(C)C)CC1)C(=O)OC(C)(C)C. The lowest BCUT2D eigenvalue weighted by atomic mass is 10.1. The van der Waals surface area contributed by atoms with Crippen LogP contribution in [0, 0.1) is 0 Å². The van der Waals surface area contributed by atoms with Gasteiger partial charge in [0, 0.05) is 31.7 Å². The van der Waals surface area contributed by atoms with E-state index in [0.29, 0.717) is 25.2 Å². The Kier molecular flexibility index (Phi) is 8.34. The highest BCUT2D eigenvalue weighted by Crippen LogP contribution is 2.13. The molecule has 5 nitrogen and oxygen atoms in total. The molecule has 1 atom stereocenters. The standard InChI is InChI=1S/C18H37N3O2/c1-7-20(17(22)23-18(4,5)6)14-11-19-16-9-8-12-21(13-10-16)15(2)3/h15-16,19H,7-14H2,1-6H3. The minimum absolute atomic E-state index is 0.214. The summed E-state index contributed by atoms with van der Waals surface area (Å²) in [6.45, 7) is 16.8. The zero-order valence-corrected chi connectivity index (χ0v) is 16.0.